The van der Waals surface area contributed by atoms with Gasteiger partial charge < -0.3 is 25.4 Å². The molecule has 0 aliphatic carbocycles. The summed E-state index contributed by atoms with van der Waals surface area (Å²) < 4.78 is 1.79. The lowest BCUT2D eigenvalue weighted by atomic mass is 10.0. The van der Waals surface area contributed by atoms with Crippen LogP contribution >= 0.6 is 0 Å². The number of rotatable bonds is 5. The van der Waals surface area contributed by atoms with Gasteiger partial charge in [-0.1, -0.05) is 18.2 Å². The Morgan fingerprint density at radius 2 is 1.85 bits per heavy atom. The number of para-hydroxylation sites is 2. The standard InChI is InChI=1S/C30H34N8O2/c1-21-16-22(29(39)38-19-24-18-33-35(2)28(24)34-26-7-3-4-8-27(26)38)9-10-23(21)17-32-30(40)37-14-12-36(13-15-37)20-25-6-5-11-31-25/h3-11,16,18,31,34H,12-15,17,19-20H2,1-2H3,(H,32,40). The number of aryl methyl sites for hydroxylation is 2. The second-order valence-corrected chi connectivity index (χ2v) is 10.4. The Hall–Kier alpha value is -4.57. The Morgan fingerprint density at radius 3 is 2.62 bits per heavy atom. The minimum absolute atomic E-state index is 0.0555. The predicted octanol–water partition coefficient (Wildman–Crippen LogP) is 3.99. The summed E-state index contributed by atoms with van der Waals surface area (Å²) >= 11 is 0. The second-order valence-electron chi connectivity index (χ2n) is 10.4. The van der Waals surface area contributed by atoms with Crippen molar-refractivity contribution in [3.8, 4) is 0 Å². The fourth-order valence-electron chi connectivity index (χ4n) is 5.42. The maximum absolute atomic E-state index is 13.8. The quantitative estimate of drug-likeness (QED) is 0.357. The van der Waals surface area contributed by atoms with Crippen molar-refractivity contribution < 1.29 is 9.59 Å². The van der Waals surface area contributed by atoms with Crippen molar-refractivity contribution in [1.82, 2.24) is 29.9 Å². The van der Waals surface area contributed by atoms with Crippen molar-refractivity contribution in [2.24, 2.45) is 7.05 Å². The van der Waals surface area contributed by atoms with Gasteiger partial charge in [-0.25, -0.2) is 4.79 Å². The molecule has 3 amide bonds. The molecule has 0 bridgehead atoms. The fourth-order valence-corrected chi connectivity index (χ4v) is 5.42. The Bertz CT molecular complexity index is 1520. The molecular weight excluding hydrogens is 504 g/mol. The van der Waals surface area contributed by atoms with Crippen molar-refractivity contribution in [2.75, 3.05) is 36.4 Å². The number of hydrogen-bond acceptors (Lipinski definition) is 5. The van der Waals surface area contributed by atoms with E-state index in [1.165, 1.54) is 5.69 Å². The molecule has 4 heterocycles. The third kappa shape index (κ3) is 5.17. The number of aromatic nitrogens is 3. The molecule has 0 radical (unpaired) electrons. The first-order valence-corrected chi connectivity index (χ1v) is 13.6. The average molecular weight is 539 g/mol. The Kier molecular flexibility index (Phi) is 7.00. The number of H-pyrrole nitrogens is 1. The second kappa shape index (κ2) is 10.9. The largest absolute Gasteiger partial charge is 0.364 e. The molecule has 2 aliphatic heterocycles. The molecule has 1 saturated heterocycles. The van der Waals surface area contributed by atoms with Crippen molar-refractivity contribution >= 4 is 29.1 Å². The van der Waals surface area contributed by atoms with Gasteiger partial charge in [0.2, 0.25) is 0 Å². The van der Waals surface area contributed by atoms with Crippen LogP contribution in [0.3, 0.4) is 0 Å². The van der Waals surface area contributed by atoms with Gasteiger partial charge in [0.25, 0.3) is 5.91 Å². The van der Waals surface area contributed by atoms with E-state index in [0.717, 1.165) is 53.5 Å². The topological polar surface area (TPSA) is 102 Å². The van der Waals surface area contributed by atoms with Crippen LogP contribution in [0, 0.1) is 6.92 Å². The van der Waals surface area contributed by atoms with Crippen LogP contribution in [-0.4, -0.2) is 62.7 Å². The number of benzene rings is 2. The summed E-state index contributed by atoms with van der Waals surface area (Å²) in [6.07, 6.45) is 3.74. The van der Waals surface area contributed by atoms with Gasteiger partial charge in [-0.05, 0) is 54.4 Å². The number of piperazine rings is 1. The number of fused-ring (bicyclic) bond motifs is 2. The molecule has 0 spiro atoms. The molecule has 0 saturated carbocycles. The molecule has 0 atom stereocenters. The van der Waals surface area contributed by atoms with Crippen LogP contribution < -0.4 is 15.5 Å². The molecule has 2 aromatic heterocycles. The van der Waals surface area contributed by atoms with Crippen LogP contribution in [-0.2, 0) is 26.7 Å². The third-order valence-electron chi connectivity index (χ3n) is 7.77. The summed E-state index contributed by atoms with van der Waals surface area (Å²) in [7, 11) is 1.89. The Labute approximate surface area is 233 Å². The summed E-state index contributed by atoms with van der Waals surface area (Å²) in [4.78, 5) is 35.9. The molecule has 3 N–H and O–H groups in total. The van der Waals surface area contributed by atoms with Gasteiger partial charge in [0.15, 0.2) is 0 Å². The number of hydrogen-bond donors (Lipinski definition) is 3. The zero-order valence-corrected chi connectivity index (χ0v) is 22.9. The summed E-state index contributed by atoms with van der Waals surface area (Å²) in [6, 6.07) is 17.5. The number of urea groups is 1. The molecule has 4 aromatic rings. The van der Waals surface area contributed by atoms with Gasteiger partial charge >= 0.3 is 6.03 Å². The normalized spacial score (nSPS) is 15.2. The molecular formula is C30H34N8O2. The molecule has 10 heteroatoms. The van der Waals surface area contributed by atoms with E-state index in [4.69, 9.17) is 0 Å². The summed E-state index contributed by atoms with van der Waals surface area (Å²) in [6.45, 7) is 6.77. The van der Waals surface area contributed by atoms with Crippen molar-refractivity contribution in [1.29, 1.82) is 0 Å². The van der Waals surface area contributed by atoms with Crippen LogP contribution in [0.1, 0.15) is 32.7 Å². The van der Waals surface area contributed by atoms with Gasteiger partial charge in [0.05, 0.1) is 24.1 Å². The van der Waals surface area contributed by atoms with Crippen LogP contribution in [0.5, 0.6) is 0 Å². The van der Waals surface area contributed by atoms with E-state index in [1.807, 2.05) is 73.6 Å². The van der Waals surface area contributed by atoms with Gasteiger partial charge in [-0.2, -0.15) is 5.10 Å². The lowest BCUT2D eigenvalue weighted by Crippen LogP contribution is -2.51. The van der Waals surface area contributed by atoms with Crippen LogP contribution in [0.4, 0.5) is 22.0 Å². The van der Waals surface area contributed by atoms with Gasteiger partial charge in [0.1, 0.15) is 5.82 Å². The summed E-state index contributed by atoms with van der Waals surface area (Å²) in [5.74, 6) is 0.800. The lowest BCUT2D eigenvalue weighted by molar-refractivity contribution is 0.0985. The Morgan fingerprint density at radius 1 is 1.02 bits per heavy atom. The van der Waals surface area contributed by atoms with Crippen molar-refractivity contribution in [2.45, 2.75) is 26.6 Å². The van der Waals surface area contributed by atoms with Crippen molar-refractivity contribution in [3.05, 3.63) is 94.9 Å². The maximum atomic E-state index is 13.8. The van der Waals surface area contributed by atoms with E-state index >= 15 is 0 Å². The van der Waals surface area contributed by atoms with E-state index in [-0.39, 0.29) is 11.9 Å². The molecule has 206 valence electrons. The number of carbonyl (C=O) groups excluding carboxylic acids is 2. The van der Waals surface area contributed by atoms with Crippen LogP contribution in [0.15, 0.2) is 67.0 Å². The minimum atomic E-state index is -0.0816. The number of nitrogens with zero attached hydrogens (tertiary/aromatic N) is 5. The maximum Gasteiger partial charge on any atom is 0.317 e. The Balaban J connectivity index is 1.09. The van der Waals surface area contributed by atoms with Crippen LogP contribution in [0.2, 0.25) is 0 Å². The van der Waals surface area contributed by atoms with Gasteiger partial charge in [-0.3, -0.25) is 14.4 Å². The highest BCUT2D eigenvalue weighted by atomic mass is 16.2. The number of aromatic amines is 1. The first-order chi connectivity index (χ1) is 19.5. The fraction of sp³-hybridized carbons (Fsp3) is 0.300. The third-order valence-corrected chi connectivity index (χ3v) is 7.77. The van der Waals surface area contributed by atoms with Gasteiger partial charge in [0, 0.05) is 69.3 Å². The van der Waals surface area contributed by atoms with E-state index in [1.54, 1.807) is 15.8 Å². The molecule has 2 aliphatic rings. The smallest absolute Gasteiger partial charge is 0.317 e. The highest BCUT2D eigenvalue weighted by Gasteiger charge is 2.27. The highest BCUT2D eigenvalue weighted by Crippen LogP contribution is 2.36. The number of anilines is 3. The SMILES string of the molecule is Cc1cc(C(=O)N2Cc3cnn(C)c3Nc3ccccc32)ccc1CNC(=O)N1CCN(Cc2ccc[nH]2)CC1. The first-order valence-electron chi connectivity index (χ1n) is 13.6. The van der Waals surface area contributed by atoms with E-state index < -0.39 is 0 Å². The molecule has 2 aromatic carbocycles. The monoisotopic (exact) mass is 538 g/mol. The average Bonchev–Trinajstić information content (AvgIpc) is 3.56. The van der Waals surface area contributed by atoms with Crippen molar-refractivity contribution in [3.63, 3.8) is 0 Å². The molecule has 1 fully saturated rings. The van der Waals surface area contributed by atoms with E-state index in [9.17, 15) is 9.59 Å². The zero-order chi connectivity index (χ0) is 27.6. The first kappa shape index (κ1) is 25.7. The van der Waals surface area contributed by atoms with E-state index in [2.05, 4.69) is 31.7 Å². The number of carbonyl (C=O) groups is 2. The number of nitrogens with one attached hydrogen (secondary N) is 3. The summed E-state index contributed by atoms with van der Waals surface area (Å²) in [5.41, 5.74) is 6.38. The lowest BCUT2D eigenvalue weighted by Gasteiger charge is -2.34. The van der Waals surface area contributed by atoms with E-state index in [0.29, 0.717) is 31.7 Å². The minimum Gasteiger partial charge on any atom is -0.364 e. The molecule has 10 nitrogen and oxygen atoms in total. The highest BCUT2D eigenvalue weighted by molar-refractivity contribution is 6.08. The molecule has 6 rings (SSSR count). The zero-order valence-electron chi connectivity index (χ0n) is 22.9. The van der Waals surface area contributed by atoms with Crippen LogP contribution in [0.25, 0.3) is 0 Å². The number of amides is 3. The summed E-state index contributed by atoms with van der Waals surface area (Å²) in [5, 5.41) is 10.9. The van der Waals surface area contributed by atoms with Gasteiger partial charge in [-0.15, -0.1) is 0 Å². The predicted molar refractivity (Wildman–Crippen MR) is 155 cm³/mol. The molecule has 40 heavy (non-hydrogen) atoms. The molecule has 0 unspecified atom stereocenters.